The van der Waals surface area contributed by atoms with E-state index in [9.17, 15) is 19.2 Å². The van der Waals surface area contributed by atoms with Crippen molar-refractivity contribution in [3.8, 4) is 34.2 Å². The summed E-state index contributed by atoms with van der Waals surface area (Å²) >= 11 is 0. The van der Waals surface area contributed by atoms with E-state index >= 15 is 0 Å². The molecule has 1 saturated heterocycles. The first-order valence-corrected chi connectivity index (χ1v) is 17.6. The predicted molar refractivity (Wildman–Crippen MR) is 203 cm³/mol. The van der Waals surface area contributed by atoms with Gasteiger partial charge in [0, 0.05) is 66.1 Å². The number of carbonyl (C=O) groups excluding carboxylic acids is 4. The number of benzene rings is 2. The summed E-state index contributed by atoms with van der Waals surface area (Å²) in [5.74, 6) is 5.71. The van der Waals surface area contributed by atoms with Gasteiger partial charge in [-0.1, -0.05) is 37.0 Å². The number of nitrogens with one attached hydrogen (secondary N) is 2. The van der Waals surface area contributed by atoms with Gasteiger partial charge in [0.25, 0.3) is 11.8 Å². The average molecular weight is 718 g/mol. The van der Waals surface area contributed by atoms with Crippen LogP contribution in [0.1, 0.15) is 53.1 Å². The number of imide groups is 1. The number of nitrogens with zero attached hydrogens (tertiary/aromatic N) is 7. The van der Waals surface area contributed by atoms with Crippen molar-refractivity contribution >= 4 is 51.2 Å². The molecule has 0 bridgehead atoms. The highest BCUT2D eigenvalue weighted by Crippen LogP contribution is 2.38. The highest BCUT2D eigenvalue weighted by Gasteiger charge is 2.31. The summed E-state index contributed by atoms with van der Waals surface area (Å²) in [7, 11) is 3.55. The third-order valence-corrected chi connectivity index (χ3v) is 9.86. The molecular formula is C41H35N9O4. The zero-order chi connectivity index (χ0) is 37.5. The number of urea groups is 1. The molecule has 2 N–H and O–H groups in total. The lowest BCUT2D eigenvalue weighted by Crippen LogP contribution is -2.43. The smallest absolute Gasteiger partial charge is 0.325 e. The fourth-order valence-electron chi connectivity index (χ4n) is 7.00. The zero-order valence-electron chi connectivity index (χ0n) is 29.9. The van der Waals surface area contributed by atoms with E-state index in [0.717, 1.165) is 61.7 Å². The molecule has 2 aromatic carbocycles. The summed E-state index contributed by atoms with van der Waals surface area (Å²) in [6, 6.07) is 18.7. The second kappa shape index (κ2) is 13.9. The van der Waals surface area contributed by atoms with Gasteiger partial charge in [0.1, 0.15) is 17.6 Å². The van der Waals surface area contributed by atoms with Crippen molar-refractivity contribution in [3.63, 3.8) is 0 Å². The second-order valence-corrected chi connectivity index (χ2v) is 13.4. The number of hydrogen-bond donors (Lipinski definition) is 2. The van der Waals surface area contributed by atoms with Crippen LogP contribution in [-0.4, -0.2) is 74.0 Å². The Morgan fingerprint density at radius 2 is 1.83 bits per heavy atom. The van der Waals surface area contributed by atoms with Crippen LogP contribution in [0, 0.1) is 11.8 Å². The molecular weight excluding hydrogens is 683 g/mol. The minimum atomic E-state index is -0.566. The van der Waals surface area contributed by atoms with Crippen LogP contribution in [0.2, 0.25) is 0 Å². The van der Waals surface area contributed by atoms with Gasteiger partial charge in [-0.2, -0.15) is 5.10 Å². The van der Waals surface area contributed by atoms with E-state index in [1.807, 2.05) is 48.7 Å². The van der Waals surface area contributed by atoms with Crippen LogP contribution >= 0.6 is 0 Å². The van der Waals surface area contributed by atoms with Gasteiger partial charge in [-0.25, -0.2) is 9.78 Å². The summed E-state index contributed by atoms with van der Waals surface area (Å²) in [5, 5.41) is 12.4. The molecule has 1 unspecified atom stereocenters. The first kappa shape index (κ1) is 34.2. The van der Waals surface area contributed by atoms with E-state index in [2.05, 4.69) is 51.6 Å². The van der Waals surface area contributed by atoms with Gasteiger partial charge in [-0.15, -0.1) is 0 Å². The molecule has 6 aromatic rings. The normalized spacial score (nSPS) is 15.5. The average Bonchev–Trinajstić information content (AvgIpc) is 3.61. The van der Waals surface area contributed by atoms with Crippen molar-refractivity contribution in [2.75, 3.05) is 25.5 Å². The molecule has 0 spiro atoms. The van der Waals surface area contributed by atoms with Gasteiger partial charge in [0.15, 0.2) is 0 Å². The van der Waals surface area contributed by atoms with E-state index in [-0.39, 0.29) is 42.4 Å². The Kier molecular flexibility index (Phi) is 8.79. The Labute approximate surface area is 310 Å². The number of amides is 5. The van der Waals surface area contributed by atoms with E-state index < -0.39 is 6.04 Å². The van der Waals surface area contributed by atoms with Crippen molar-refractivity contribution in [2.45, 2.75) is 38.8 Å². The van der Waals surface area contributed by atoms with Crippen LogP contribution in [0.4, 0.5) is 10.6 Å². The Balaban J connectivity index is 0.965. The largest absolute Gasteiger partial charge is 0.340 e. The van der Waals surface area contributed by atoms with E-state index in [1.165, 1.54) is 0 Å². The number of pyridine rings is 3. The monoisotopic (exact) mass is 717 g/mol. The standard InChI is InChI=1S/C41H35N9O4/c1-4-28-19-30(32-23-48(2)41(54)49(3)38(32)46-28)29-9-5-8-25-18-34(44-22-31(25)29)26-12-13-33(43-20-26)39(52)42-16-6-7-24-10-11-27-21-45-50(36(27)17-24)35-14-15-37(51)47-40(35)53/h5,8-13,17-22,35H,4,14-16,23H2,1-3H3,(H,42,52)(H,47,51,53). The number of carbonyl (C=O) groups is 4. The lowest BCUT2D eigenvalue weighted by molar-refractivity contribution is -0.135. The third-order valence-electron chi connectivity index (χ3n) is 9.86. The topological polar surface area (TPSA) is 155 Å². The quantitative estimate of drug-likeness (QED) is 0.180. The number of rotatable bonds is 6. The summed E-state index contributed by atoms with van der Waals surface area (Å²) in [6.45, 7) is 2.62. The Hall–Kier alpha value is -6.94. The van der Waals surface area contributed by atoms with Crippen LogP contribution in [0.25, 0.3) is 44.1 Å². The van der Waals surface area contributed by atoms with Crippen LogP contribution < -0.4 is 15.5 Å². The molecule has 1 atom stereocenters. The number of aryl methyl sites for hydroxylation is 1. The minimum Gasteiger partial charge on any atom is -0.340 e. The number of hydrogen-bond acceptors (Lipinski definition) is 8. The molecule has 8 rings (SSSR count). The van der Waals surface area contributed by atoms with E-state index in [1.54, 1.807) is 47.0 Å². The first-order chi connectivity index (χ1) is 26.2. The molecule has 0 saturated carbocycles. The van der Waals surface area contributed by atoms with Crippen LogP contribution in [0.15, 0.2) is 79.3 Å². The molecule has 2 aliphatic rings. The lowest BCUT2D eigenvalue weighted by Gasteiger charge is -2.33. The zero-order valence-corrected chi connectivity index (χ0v) is 29.9. The van der Waals surface area contributed by atoms with Crippen LogP contribution in [0.5, 0.6) is 0 Å². The molecule has 13 heteroatoms. The van der Waals surface area contributed by atoms with Gasteiger partial charge in [-0.3, -0.25) is 39.3 Å². The van der Waals surface area contributed by atoms with E-state index in [4.69, 9.17) is 9.97 Å². The van der Waals surface area contributed by atoms with Crippen LogP contribution in [-0.2, 0) is 22.6 Å². The van der Waals surface area contributed by atoms with Crippen molar-refractivity contribution in [1.82, 2.24) is 40.3 Å². The van der Waals surface area contributed by atoms with Gasteiger partial charge < -0.3 is 10.2 Å². The molecule has 4 aromatic heterocycles. The van der Waals surface area contributed by atoms with Gasteiger partial charge in [0.05, 0.1) is 30.5 Å². The Bertz CT molecular complexity index is 2590. The molecule has 5 amide bonds. The molecule has 13 nitrogen and oxygen atoms in total. The molecule has 54 heavy (non-hydrogen) atoms. The number of anilines is 1. The molecule has 0 aliphatic carbocycles. The maximum atomic E-state index is 12.9. The molecule has 0 radical (unpaired) electrons. The summed E-state index contributed by atoms with van der Waals surface area (Å²) < 4.78 is 1.63. The number of fused-ring (bicyclic) bond motifs is 3. The Morgan fingerprint density at radius 3 is 2.63 bits per heavy atom. The third kappa shape index (κ3) is 6.28. The summed E-state index contributed by atoms with van der Waals surface area (Å²) in [5.41, 5.74) is 7.13. The lowest BCUT2D eigenvalue weighted by atomic mass is 9.93. The van der Waals surface area contributed by atoms with Crippen LogP contribution in [0.3, 0.4) is 0 Å². The first-order valence-electron chi connectivity index (χ1n) is 17.6. The SMILES string of the molecule is CCc1cc(-c2cccc3cc(-c4ccc(C(=O)NCC#Cc5ccc6cnn(C7CCC(=O)NC7=O)c6c5)nc4)ncc23)c2c(n1)N(C)C(=O)N(C)C2. The molecule has 2 aliphatic heterocycles. The molecule has 268 valence electrons. The van der Waals surface area contributed by atoms with Gasteiger partial charge in [0.2, 0.25) is 5.91 Å². The maximum absolute atomic E-state index is 12.9. The van der Waals surface area contributed by atoms with E-state index in [0.29, 0.717) is 24.3 Å². The van der Waals surface area contributed by atoms with Gasteiger partial charge in [-0.05, 0) is 71.8 Å². The summed E-state index contributed by atoms with van der Waals surface area (Å²) in [6.07, 6.45) is 6.55. The fraction of sp³-hybridized carbons (Fsp3) is 0.220. The highest BCUT2D eigenvalue weighted by molar-refractivity contribution is 6.02. The van der Waals surface area contributed by atoms with Crippen molar-refractivity contribution in [1.29, 1.82) is 0 Å². The van der Waals surface area contributed by atoms with Crippen molar-refractivity contribution in [2.24, 2.45) is 0 Å². The number of piperidine rings is 1. The minimum absolute atomic E-state index is 0.0890. The highest BCUT2D eigenvalue weighted by atomic mass is 16.2. The number of aromatic nitrogens is 5. The Morgan fingerprint density at radius 1 is 0.963 bits per heavy atom. The second-order valence-electron chi connectivity index (χ2n) is 13.4. The summed E-state index contributed by atoms with van der Waals surface area (Å²) in [4.78, 5) is 66.9. The predicted octanol–water partition coefficient (Wildman–Crippen LogP) is 5.03. The van der Waals surface area contributed by atoms with Crippen molar-refractivity contribution < 1.29 is 19.2 Å². The van der Waals surface area contributed by atoms with Gasteiger partial charge >= 0.3 is 6.03 Å². The molecule has 1 fully saturated rings. The molecule has 6 heterocycles. The maximum Gasteiger partial charge on any atom is 0.325 e. The fourth-order valence-corrected chi connectivity index (χ4v) is 7.00. The van der Waals surface area contributed by atoms with Crippen molar-refractivity contribution in [3.05, 3.63) is 102 Å².